The van der Waals surface area contributed by atoms with Crippen LogP contribution < -0.4 is 0 Å². The molecule has 1 N–H and O–H groups in total. The molecule has 0 saturated carbocycles. The van der Waals surface area contributed by atoms with E-state index in [-0.39, 0.29) is 0 Å². The molecule has 12 heavy (non-hydrogen) atoms. The van der Waals surface area contributed by atoms with E-state index in [0.717, 1.165) is 32.5 Å². The van der Waals surface area contributed by atoms with Crippen LogP contribution in [-0.4, -0.2) is 35.2 Å². The van der Waals surface area contributed by atoms with Crippen LogP contribution in [0.1, 0.15) is 26.7 Å². The zero-order chi connectivity index (χ0) is 9.03. The number of hydrogen-bond acceptors (Lipinski definition) is 2. The highest BCUT2D eigenvalue weighted by atomic mass is 16.3. The molecule has 0 unspecified atom stereocenters. The normalized spacial score (nSPS) is 22.9. The summed E-state index contributed by atoms with van der Waals surface area (Å²) < 4.78 is 0. The third-order valence-corrected chi connectivity index (χ3v) is 2.49. The Morgan fingerprint density at radius 3 is 2.42 bits per heavy atom. The molecule has 1 fully saturated rings. The minimum atomic E-state index is -0.694. The molecule has 0 aliphatic carbocycles. The van der Waals surface area contributed by atoms with E-state index in [0.29, 0.717) is 0 Å². The van der Waals surface area contributed by atoms with E-state index in [1.54, 1.807) is 6.92 Å². The molecule has 0 spiro atoms. The number of nitrogens with zero attached hydrogens (tertiary/aromatic N) is 1. The van der Waals surface area contributed by atoms with Gasteiger partial charge < -0.3 is 10.0 Å². The largest absolute Gasteiger partial charge is 0.378 e. The molecule has 1 aliphatic rings. The monoisotopic (exact) mass is 167 g/mol. The highest BCUT2D eigenvalue weighted by Crippen LogP contribution is 2.20. The van der Waals surface area contributed by atoms with E-state index < -0.39 is 5.60 Å². The molecule has 0 aromatic carbocycles. The van der Waals surface area contributed by atoms with Crippen molar-refractivity contribution in [1.82, 2.24) is 4.90 Å². The molecular weight excluding hydrogens is 150 g/mol. The van der Waals surface area contributed by atoms with Crippen LogP contribution in [0.2, 0.25) is 0 Å². The number of rotatable bonds is 1. The molecule has 1 rings (SSSR count). The summed E-state index contributed by atoms with van der Waals surface area (Å²) in [7, 11) is 0. The van der Waals surface area contributed by atoms with Gasteiger partial charge in [0.1, 0.15) is 5.60 Å². The third kappa shape index (κ3) is 2.23. The Morgan fingerprint density at radius 2 is 2.00 bits per heavy atom. The van der Waals surface area contributed by atoms with E-state index in [1.807, 2.05) is 0 Å². The standard InChI is InChI=1S/C10H17NO/c1-3-5-10(12)6-8-11(4-2)9-7-10/h12H,4,6-9H2,1-2H3. The molecule has 1 saturated heterocycles. The van der Waals surface area contributed by atoms with Gasteiger partial charge >= 0.3 is 0 Å². The van der Waals surface area contributed by atoms with E-state index in [1.165, 1.54) is 0 Å². The highest BCUT2D eigenvalue weighted by molar-refractivity contribution is 5.13. The van der Waals surface area contributed by atoms with Crippen LogP contribution in [0.5, 0.6) is 0 Å². The number of hydrogen-bond donors (Lipinski definition) is 1. The van der Waals surface area contributed by atoms with E-state index in [9.17, 15) is 5.11 Å². The topological polar surface area (TPSA) is 23.5 Å². The smallest absolute Gasteiger partial charge is 0.127 e. The molecule has 1 heterocycles. The second kappa shape index (κ2) is 3.93. The molecular formula is C10H17NO. The summed E-state index contributed by atoms with van der Waals surface area (Å²) in [6, 6.07) is 0. The Labute approximate surface area is 74.6 Å². The van der Waals surface area contributed by atoms with E-state index >= 15 is 0 Å². The zero-order valence-corrected chi connectivity index (χ0v) is 7.93. The van der Waals surface area contributed by atoms with Crippen LogP contribution in [0.3, 0.4) is 0 Å². The van der Waals surface area contributed by atoms with Gasteiger partial charge in [-0.1, -0.05) is 12.8 Å². The SMILES string of the molecule is CC#CC1(O)CCN(CC)CC1. The van der Waals surface area contributed by atoms with Gasteiger partial charge in [0.2, 0.25) is 0 Å². The fraction of sp³-hybridized carbons (Fsp3) is 0.800. The van der Waals surface area contributed by atoms with E-state index in [2.05, 4.69) is 23.7 Å². The maximum absolute atomic E-state index is 9.88. The fourth-order valence-corrected chi connectivity index (χ4v) is 1.60. The first-order chi connectivity index (χ1) is 5.70. The number of aliphatic hydroxyl groups is 1. The summed E-state index contributed by atoms with van der Waals surface area (Å²) in [6.07, 6.45) is 1.59. The summed E-state index contributed by atoms with van der Waals surface area (Å²) in [4.78, 5) is 2.34. The van der Waals surface area contributed by atoms with Crippen LogP contribution in [-0.2, 0) is 0 Å². The lowest BCUT2D eigenvalue weighted by molar-refractivity contribution is 0.0288. The minimum Gasteiger partial charge on any atom is -0.378 e. The lowest BCUT2D eigenvalue weighted by Gasteiger charge is -2.34. The summed E-state index contributed by atoms with van der Waals surface area (Å²) >= 11 is 0. The molecule has 0 bridgehead atoms. The quantitative estimate of drug-likeness (QED) is 0.585. The van der Waals surface area contributed by atoms with Gasteiger partial charge in [-0.15, -0.1) is 5.92 Å². The Balaban J connectivity index is 2.47. The molecule has 68 valence electrons. The Kier molecular flexibility index (Phi) is 3.13. The van der Waals surface area contributed by atoms with Crippen LogP contribution in [0, 0.1) is 11.8 Å². The van der Waals surface area contributed by atoms with Crippen molar-refractivity contribution in [3.05, 3.63) is 0 Å². The van der Waals surface area contributed by atoms with E-state index in [4.69, 9.17) is 0 Å². The van der Waals surface area contributed by atoms with Gasteiger partial charge in [-0.05, 0) is 13.5 Å². The molecule has 2 heteroatoms. The van der Waals surface area contributed by atoms with Crippen molar-refractivity contribution in [2.75, 3.05) is 19.6 Å². The van der Waals surface area contributed by atoms with Crippen LogP contribution in [0.15, 0.2) is 0 Å². The zero-order valence-electron chi connectivity index (χ0n) is 7.93. The van der Waals surface area contributed by atoms with Gasteiger partial charge in [0, 0.05) is 25.9 Å². The second-order valence-corrected chi connectivity index (χ2v) is 3.34. The average molecular weight is 167 g/mol. The number of piperidine rings is 1. The molecule has 0 aromatic heterocycles. The Bertz CT molecular complexity index is 194. The van der Waals surface area contributed by atoms with Gasteiger partial charge in [0.05, 0.1) is 0 Å². The van der Waals surface area contributed by atoms with Crippen molar-refractivity contribution in [2.45, 2.75) is 32.3 Å². The van der Waals surface area contributed by atoms with Crippen molar-refractivity contribution < 1.29 is 5.11 Å². The van der Waals surface area contributed by atoms with Crippen LogP contribution in [0.25, 0.3) is 0 Å². The van der Waals surface area contributed by atoms with Crippen LogP contribution >= 0.6 is 0 Å². The van der Waals surface area contributed by atoms with Crippen molar-refractivity contribution in [3.63, 3.8) is 0 Å². The maximum Gasteiger partial charge on any atom is 0.127 e. The highest BCUT2D eigenvalue weighted by Gasteiger charge is 2.29. The third-order valence-electron chi connectivity index (χ3n) is 2.49. The van der Waals surface area contributed by atoms with Gasteiger partial charge in [0.15, 0.2) is 0 Å². The second-order valence-electron chi connectivity index (χ2n) is 3.34. The van der Waals surface area contributed by atoms with Crippen molar-refractivity contribution in [1.29, 1.82) is 0 Å². The van der Waals surface area contributed by atoms with Crippen molar-refractivity contribution >= 4 is 0 Å². The van der Waals surface area contributed by atoms with Gasteiger partial charge in [-0.2, -0.15) is 0 Å². The van der Waals surface area contributed by atoms with Gasteiger partial charge in [-0.25, -0.2) is 0 Å². The fourth-order valence-electron chi connectivity index (χ4n) is 1.60. The Morgan fingerprint density at radius 1 is 1.42 bits per heavy atom. The molecule has 1 aliphatic heterocycles. The van der Waals surface area contributed by atoms with Crippen LogP contribution in [0.4, 0.5) is 0 Å². The summed E-state index contributed by atoms with van der Waals surface area (Å²) in [5.74, 6) is 5.68. The minimum absolute atomic E-state index is 0.694. The Hall–Kier alpha value is -0.520. The molecule has 0 amide bonds. The molecule has 0 atom stereocenters. The summed E-state index contributed by atoms with van der Waals surface area (Å²) in [5.41, 5.74) is -0.694. The molecule has 0 aromatic rings. The predicted molar refractivity (Wildman–Crippen MR) is 49.7 cm³/mol. The lowest BCUT2D eigenvalue weighted by atomic mass is 9.92. The summed E-state index contributed by atoms with van der Waals surface area (Å²) in [5, 5.41) is 9.88. The first-order valence-corrected chi connectivity index (χ1v) is 4.59. The van der Waals surface area contributed by atoms with Gasteiger partial charge in [0.25, 0.3) is 0 Å². The van der Waals surface area contributed by atoms with Gasteiger partial charge in [-0.3, -0.25) is 0 Å². The molecule has 2 nitrogen and oxygen atoms in total. The number of likely N-dealkylation sites (tertiary alicyclic amines) is 1. The molecule has 0 radical (unpaired) electrons. The lowest BCUT2D eigenvalue weighted by Crippen LogP contribution is -2.43. The maximum atomic E-state index is 9.88. The van der Waals surface area contributed by atoms with Crippen molar-refractivity contribution in [3.8, 4) is 11.8 Å². The summed E-state index contributed by atoms with van der Waals surface area (Å²) in [6.45, 7) is 6.96. The predicted octanol–water partition coefficient (Wildman–Crippen LogP) is 0.857. The first kappa shape index (κ1) is 9.57. The van der Waals surface area contributed by atoms with Crippen molar-refractivity contribution in [2.24, 2.45) is 0 Å². The first-order valence-electron chi connectivity index (χ1n) is 4.59. The average Bonchev–Trinajstić information content (AvgIpc) is 2.06.